The van der Waals surface area contributed by atoms with Crippen LogP contribution in [0, 0.1) is 17.0 Å². The largest absolute Gasteiger partial charge is 0.395 e. The van der Waals surface area contributed by atoms with Crippen LogP contribution in [0.2, 0.25) is 0 Å². The quantitative estimate of drug-likeness (QED) is 0.473. The molecule has 10 nitrogen and oxygen atoms in total. The SMILES string of the molecule is CCN(CCO)c1ncnc(NNC(=O)c2ccccc2C)c1[N+](=O)[O-]. The summed E-state index contributed by atoms with van der Waals surface area (Å²) >= 11 is 0. The average molecular weight is 360 g/mol. The Kier molecular flexibility index (Phi) is 6.39. The number of hydrogen-bond donors (Lipinski definition) is 3. The van der Waals surface area contributed by atoms with E-state index >= 15 is 0 Å². The third-order valence-corrected chi connectivity index (χ3v) is 3.72. The molecule has 0 unspecified atom stereocenters. The number of aromatic nitrogens is 2. The highest BCUT2D eigenvalue weighted by atomic mass is 16.6. The Bertz CT molecular complexity index is 798. The van der Waals surface area contributed by atoms with Crippen LogP contribution in [0.25, 0.3) is 0 Å². The molecule has 0 saturated heterocycles. The van der Waals surface area contributed by atoms with Crippen LogP contribution < -0.4 is 15.8 Å². The van der Waals surface area contributed by atoms with Gasteiger partial charge in [0.05, 0.1) is 11.5 Å². The zero-order valence-corrected chi connectivity index (χ0v) is 14.5. The zero-order valence-electron chi connectivity index (χ0n) is 14.5. The minimum atomic E-state index is -0.627. The van der Waals surface area contributed by atoms with Gasteiger partial charge in [0.2, 0.25) is 11.6 Å². The van der Waals surface area contributed by atoms with Crippen LogP contribution in [0.4, 0.5) is 17.3 Å². The van der Waals surface area contributed by atoms with Gasteiger partial charge in [-0.15, -0.1) is 0 Å². The van der Waals surface area contributed by atoms with Crippen molar-refractivity contribution in [2.24, 2.45) is 0 Å². The molecular formula is C16H20N6O4. The molecule has 138 valence electrons. The van der Waals surface area contributed by atoms with Crippen molar-refractivity contribution in [1.82, 2.24) is 15.4 Å². The van der Waals surface area contributed by atoms with Gasteiger partial charge in [-0.25, -0.2) is 9.97 Å². The van der Waals surface area contributed by atoms with E-state index < -0.39 is 10.8 Å². The Morgan fingerprint density at radius 1 is 1.35 bits per heavy atom. The number of hydrazine groups is 1. The van der Waals surface area contributed by atoms with Gasteiger partial charge in [0.1, 0.15) is 6.33 Å². The monoisotopic (exact) mass is 360 g/mol. The van der Waals surface area contributed by atoms with Crippen molar-refractivity contribution < 1.29 is 14.8 Å². The van der Waals surface area contributed by atoms with E-state index in [0.717, 1.165) is 11.9 Å². The molecule has 26 heavy (non-hydrogen) atoms. The second kappa shape index (κ2) is 8.72. The lowest BCUT2D eigenvalue weighted by Crippen LogP contribution is -2.32. The number of nitro groups is 1. The second-order valence-electron chi connectivity index (χ2n) is 5.35. The lowest BCUT2D eigenvalue weighted by molar-refractivity contribution is -0.383. The predicted octanol–water partition coefficient (Wildman–Crippen LogP) is 1.27. The molecule has 0 aliphatic heterocycles. The summed E-state index contributed by atoms with van der Waals surface area (Å²) in [5.74, 6) is -0.521. The molecule has 1 amide bonds. The smallest absolute Gasteiger partial charge is 0.355 e. The maximum atomic E-state index is 12.3. The topological polar surface area (TPSA) is 134 Å². The van der Waals surface area contributed by atoms with Crippen molar-refractivity contribution in [1.29, 1.82) is 0 Å². The van der Waals surface area contributed by atoms with Gasteiger partial charge in [-0.2, -0.15) is 0 Å². The summed E-state index contributed by atoms with van der Waals surface area (Å²) in [5.41, 5.74) is 5.74. The van der Waals surface area contributed by atoms with Gasteiger partial charge in [-0.05, 0) is 25.5 Å². The van der Waals surface area contributed by atoms with Crippen LogP contribution in [0.5, 0.6) is 0 Å². The van der Waals surface area contributed by atoms with Gasteiger partial charge in [0.25, 0.3) is 5.91 Å². The Morgan fingerprint density at radius 3 is 2.69 bits per heavy atom. The van der Waals surface area contributed by atoms with Crippen LogP contribution in [0.1, 0.15) is 22.8 Å². The molecular weight excluding hydrogens is 340 g/mol. The number of amides is 1. The molecule has 0 radical (unpaired) electrons. The summed E-state index contributed by atoms with van der Waals surface area (Å²) in [6.45, 7) is 3.99. The molecule has 3 N–H and O–H groups in total. The molecule has 2 aromatic rings. The van der Waals surface area contributed by atoms with Crippen molar-refractivity contribution in [3.05, 3.63) is 51.8 Å². The van der Waals surface area contributed by atoms with Gasteiger partial charge in [-0.1, -0.05) is 18.2 Å². The minimum Gasteiger partial charge on any atom is -0.395 e. The normalized spacial score (nSPS) is 10.3. The molecule has 2 rings (SSSR count). The summed E-state index contributed by atoms with van der Waals surface area (Å²) in [7, 11) is 0. The fourth-order valence-corrected chi connectivity index (χ4v) is 2.41. The van der Waals surface area contributed by atoms with Crippen molar-refractivity contribution in [2.45, 2.75) is 13.8 Å². The Hall–Kier alpha value is -3.27. The number of likely N-dealkylation sites (N-methyl/N-ethyl adjacent to an activating group) is 1. The number of hydrogen-bond acceptors (Lipinski definition) is 8. The summed E-state index contributed by atoms with van der Waals surface area (Å²) in [6, 6.07) is 6.96. The average Bonchev–Trinajstić information content (AvgIpc) is 2.64. The van der Waals surface area contributed by atoms with E-state index in [-0.39, 0.29) is 30.5 Å². The first-order valence-corrected chi connectivity index (χ1v) is 7.96. The van der Waals surface area contributed by atoms with Crippen LogP contribution in [-0.4, -0.2) is 45.6 Å². The molecule has 10 heteroatoms. The van der Waals surface area contributed by atoms with Crippen LogP contribution >= 0.6 is 0 Å². The first-order chi connectivity index (χ1) is 12.5. The summed E-state index contributed by atoms with van der Waals surface area (Å²) < 4.78 is 0. The zero-order chi connectivity index (χ0) is 19.1. The number of rotatable bonds is 8. The van der Waals surface area contributed by atoms with Crippen LogP contribution in [0.3, 0.4) is 0 Å². The number of nitrogens with one attached hydrogen (secondary N) is 2. The minimum absolute atomic E-state index is 0.0641. The molecule has 1 heterocycles. The highest BCUT2D eigenvalue weighted by molar-refractivity contribution is 5.96. The van der Waals surface area contributed by atoms with Crippen LogP contribution in [-0.2, 0) is 0 Å². The van der Waals surface area contributed by atoms with Crippen LogP contribution in [0.15, 0.2) is 30.6 Å². The number of nitrogens with zero attached hydrogens (tertiary/aromatic N) is 4. The molecule has 1 aromatic heterocycles. The number of anilines is 2. The van der Waals surface area contributed by atoms with E-state index in [0.29, 0.717) is 12.1 Å². The first-order valence-electron chi connectivity index (χ1n) is 7.96. The third kappa shape index (κ3) is 4.22. The van der Waals surface area contributed by atoms with E-state index in [1.54, 1.807) is 36.9 Å². The Labute approximate surface area is 150 Å². The lowest BCUT2D eigenvalue weighted by atomic mass is 10.1. The second-order valence-corrected chi connectivity index (χ2v) is 5.35. The van der Waals surface area contributed by atoms with Gasteiger partial charge in [0.15, 0.2) is 0 Å². The molecule has 0 bridgehead atoms. The molecule has 1 aromatic carbocycles. The van der Waals surface area contributed by atoms with Gasteiger partial charge in [0, 0.05) is 18.7 Å². The van der Waals surface area contributed by atoms with E-state index in [1.165, 1.54) is 0 Å². The standard InChI is InChI=1S/C16H20N6O4/c1-3-21(8-9-23)15-13(22(25)26)14(17-10-18-15)19-20-16(24)12-7-5-4-6-11(12)2/h4-7,10,23H,3,8-9H2,1-2H3,(H,20,24)(H,17,18,19). The number of aryl methyl sites for hydroxylation is 1. The number of aliphatic hydroxyl groups excluding tert-OH is 1. The molecule has 0 atom stereocenters. The highest BCUT2D eigenvalue weighted by Gasteiger charge is 2.26. The lowest BCUT2D eigenvalue weighted by Gasteiger charge is -2.21. The third-order valence-electron chi connectivity index (χ3n) is 3.72. The molecule has 0 spiro atoms. The predicted molar refractivity (Wildman–Crippen MR) is 95.9 cm³/mol. The van der Waals surface area contributed by atoms with Gasteiger partial charge in [-0.3, -0.25) is 25.8 Å². The molecule has 0 aliphatic rings. The molecule has 0 aliphatic carbocycles. The number of carbonyl (C=O) groups excluding carboxylic acids is 1. The number of aliphatic hydroxyl groups is 1. The number of benzene rings is 1. The maximum absolute atomic E-state index is 12.3. The summed E-state index contributed by atoms with van der Waals surface area (Å²) in [4.78, 5) is 32.5. The van der Waals surface area contributed by atoms with Crippen molar-refractivity contribution in [2.75, 3.05) is 30.0 Å². The molecule has 0 fully saturated rings. The first kappa shape index (κ1) is 19.1. The van der Waals surface area contributed by atoms with E-state index in [1.807, 2.05) is 6.07 Å². The summed E-state index contributed by atoms with van der Waals surface area (Å²) in [5, 5.41) is 20.6. The van der Waals surface area contributed by atoms with Crippen molar-refractivity contribution in [3.63, 3.8) is 0 Å². The highest BCUT2D eigenvalue weighted by Crippen LogP contribution is 2.31. The maximum Gasteiger partial charge on any atom is 0.355 e. The van der Waals surface area contributed by atoms with Gasteiger partial charge >= 0.3 is 5.69 Å². The van der Waals surface area contributed by atoms with Crippen molar-refractivity contribution in [3.8, 4) is 0 Å². The fourth-order valence-electron chi connectivity index (χ4n) is 2.41. The van der Waals surface area contributed by atoms with E-state index in [4.69, 9.17) is 5.11 Å². The van der Waals surface area contributed by atoms with Gasteiger partial charge < -0.3 is 10.0 Å². The van der Waals surface area contributed by atoms with E-state index in [9.17, 15) is 14.9 Å². The molecule has 0 saturated carbocycles. The Morgan fingerprint density at radius 2 is 2.08 bits per heavy atom. The fraction of sp³-hybridized carbons (Fsp3) is 0.312. The summed E-state index contributed by atoms with van der Waals surface area (Å²) in [6.07, 6.45) is 1.16. The Balaban J connectivity index is 2.28. The van der Waals surface area contributed by atoms with Crippen molar-refractivity contribution >= 4 is 23.2 Å². The number of carbonyl (C=O) groups is 1. The van der Waals surface area contributed by atoms with E-state index in [2.05, 4.69) is 20.8 Å².